The largest absolute Gasteiger partial charge is 0.461 e. The Morgan fingerprint density at radius 3 is 2.64 bits per heavy atom. The molecular weight excluding hydrogens is 606 g/mol. The molecule has 0 unspecified atom stereocenters. The maximum atomic E-state index is 17.7. The molecule has 0 radical (unpaired) electrons. The molecule has 0 aromatic carbocycles. The van der Waals surface area contributed by atoms with Crippen LogP contribution in [0.2, 0.25) is 0 Å². The van der Waals surface area contributed by atoms with Crippen molar-refractivity contribution in [3.63, 3.8) is 0 Å². The molecule has 0 saturated heterocycles. The number of hydrogen-bond acceptors (Lipinski definition) is 9. The number of fused-ring (bicyclic) bond motifs is 5. The Labute approximate surface area is 265 Å². The lowest BCUT2D eigenvalue weighted by molar-refractivity contribution is -0.221. The summed E-state index contributed by atoms with van der Waals surface area (Å²) >= 11 is 0.906. The van der Waals surface area contributed by atoms with Gasteiger partial charge in [0.1, 0.15) is 12.8 Å². The van der Waals surface area contributed by atoms with Gasteiger partial charge in [-0.3, -0.25) is 14.4 Å². The van der Waals surface area contributed by atoms with Crippen molar-refractivity contribution in [2.24, 2.45) is 28.6 Å². The Kier molecular flexibility index (Phi) is 9.09. The number of furan rings is 1. The number of rotatable bonds is 9. The van der Waals surface area contributed by atoms with Gasteiger partial charge in [-0.05, 0) is 68.4 Å². The van der Waals surface area contributed by atoms with Gasteiger partial charge in [-0.1, -0.05) is 50.8 Å². The Balaban J connectivity index is 1.49. The number of ether oxygens (including phenoxy) is 2. The fourth-order valence-electron chi connectivity index (χ4n) is 8.59. The number of thioether (sulfide) groups is 1. The van der Waals surface area contributed by atoms with Crippen molar-refractivity contribution >= 4 is 34.6 Å². The molecule has 0 spiro atoms. The van der Waals surface area contributed by atoms with Crippen LogP contribution in [0.5, 0.6) is 0 Å². The molecule has 45 heavy (non-hydrogen) atoms. The number of aliphatic hydroxyl groups is 1. The molecule has 5 rings (SSSR count). The van der Waals surface area contributed by atoms with Crippen LogP contribution >= 0.6 is 11.8 Å². The van der Waals surface area contributed by atoms with E-state index in [-0.39, 0.29) is 48.9 Å². The van der Waals surface area contributed by atoms with Crippen LogP contribution in [0.4, 0.5) is 8.78 Å². The van der Waals surface area contributed by atoms with Gasteiger partial charge in [0.15, 0.2) is 17.1 Å². The summed E-state index contributed by atoms with van der Waals surface area (Å²) in [6.07, 6.45) is 5.71. The number of hydrogen-bond donors (Lipinski definition) is 1. The third-order valence-corrected chi connectivity index (χ3v) is 11.6. The molecule has 8 nitrogen and oxygen atoms in total. The minimum Gasteiger partial charge on any atom is -0.461 e. The molecule has 1 N–H and O–H groups in total. The van der Waals surface area contributed by atoms with Gasteiger partial charge in [0.2, 0.25) is 10.9 Å². The van der Waals surface area contributed by atoms with E-state index in [2.05, 4.69) is 0 Å². The van der Waals surface area contributed by atoms with Crippen molar-refractivity contribution in [1.29, 1.82) is 0 Å². The van der Waals surface area contributed by atoms with E-state index in [1.54, 1.807) is 26.0 Å². The number of aliphatic hydroxyl groups excluding tert-OH is 1. The highest BCUT2D eigenvalue weighted by molar-refractivity contribution is 8.14. The Morgan fingerprint density at radius 1 is 1.20 bits per heavy atom. The van der Waals surface area contributed by atoms with Crippen LogP contribution in [0.25, 0.3) is 0 Å². The highest BCUT2D eigenvalue weighted by Crippen LogP contribution is 2.72. The van der Waals surface area contributed by atoms with Gasteiger partial charge in [0.25, 0.3) is 0 Å². The summed E-state index contributed by atoms with van der Waals surface area (Å²) in [6, 6.07) is 2.93. The number of esters is 2. The van der Waals surface area contributed by atoms with E-state index in [0.29, 0.717) is 12.8 Å². The first-order valence-corrected chi connectivity index (χ1v) is 16.5. The summed E-state index contributed by atoms with van der Waals surface area (Å²) in [5, 5.41) is 11.3. The Bertz CT molecular complexity index is 1440. The third-order valence-electron chi connectivity index (χ3n) is 10.7. The summed E-state index contributed by atoms with van der Waals surface area (Å²) < 4.78 is 50.1. The lowest BCUT2D eigenvalue weighted by atomic mass is 9.44. The van der Waals surface area contributed by atoms with Crippen molar-refractivity contribution in [3.05, 3.63) is 60.1 Å². The summed E-state index contributed by atoms with van der Waals surface area (Å²) in [7, 11) is 0. The topological polar surface area (TPSA) is 120 Å². The van der Waals surface area contributed by atoms with Gasteiger partial charge < -0.3 is 19.0 Å². The molecule has 4 aliphatic carbocycles. The molecule has 1 aromatic heterocycles. The van der Waals surface area contributed by atoms with Gasteiger partial charge in [-0.15, -0.1) is 0 Å². The SMILES string of the molecule is CCCC(=O)OC/C=C/CSC(=O)[C@@]1(OC(=O)c2ccco2)[C@H](C)C[C@H]2[C@@H]3C[C@H](F)C4=CC(=O)C=C[C@]4(C)[C@@]3(F)[C@@H](O)C[C@@]21C. The van der Waals surface area contributed by atoms with Crippen LogP contribution in [0.3, 0.4) is 0 Å². The summed E-state index contributed by atoms with van der Waals surface area (Å²) in [4.78, 5) is 51.5. The quantitative estimate of drug-likeness (QED) is 0.258. The molecule has 4 aliphatic rings. The second-order valence-corrected chi connectivity index (χ2v) is 14.1. The summed E-state index contributed by atoms with van der Waals surface area (Å²) in [5.41, 5.74) is -6.98. The monoisotopic (exact) mass is 646 g/mol. The van der Waals surface area contributed by atoms with Gasteiger partial charge in [-0.2, -0.15) is 0 Å². The molecule has 244 valence electrons. The van der Waals surface area contributed by atoms with E-state index < -0.39 is 69.0 Å². The van der Waals surface area contributed by atoms with Crippen molar-refractivity contribution in [2.75, 3.05) is 12.4 Å². The number of carbonyl (C=O) groups is 4. The molecule has 3 fully saturated rings. The van der Waals surface area contributed by atoms with Crippen LogP contribution in [0, 0.1) is 28.6 Å². The molecule has 1 heterocycles. The fraction of sp³-hybridized carbons (Fsp3) is 0.588. The maximum absolute atomic E-state index is 17.7. The average Bonchev–Trinajstić information content (AvgIpc) is 3.60. The van der Waals surface area contributed by atoms with E-state index in [4.69, 9.17) is 13.9 Å². The Hall–Kier alpha value is -3.05. The van der Waals surface area contributed by atoms with Crippen molar-refractivity contribution in [1.82, 2.24) is 0 Å². The molecule has 0 aliphatic heterocycles. The standard InChI is InChI=1S/C34H40F2O8S/c1-5-9-28(39)43-13-6-7-15-45-30(41)34(44-29(40)26-10-8-14-42-26)20(2)16-22-23-18-25(35)24-17-21(37)11-12-31(24,3)33(23,36)27(38)19-32(22,34)4/h6-8,10-12,14,17,20,22-23,25,27,38H,5,9,13,15-16,18-19H2,1-4H3/b7-6+/t20-,22+,23+,25+,27+,31+,32+,33+,34+/m1/s1. The van der Waals surface area contributed by atoms with E-state index >= 15 is 8.78 Å². The molecule has 9 atom stereocenters. The number of carbonyl (C=O) groups excluding carboxylic acids is 4. The van der Waals surface area contributed by atoms with Gasteiger partial charge in [0, 0.05) is 34.8 Å². The summed E-state index contributed by atoms with van der Waals surface area (Å²) in [6.45, 7) is 6.92. The van der Waals surface area contributed by atoms with Crippen LogP contribution < -0.4 is 0 Å². The summed E-state index contributed by atoms with van der Waals surface area (Å²) in [5.74, 6) is -3.87. The minimum absolute atomic E-state index is 0.0109. The van der Waals surface area contributed by atoms with Crippen molar-refractivity contribution in [2.45, 2.75) is 83.3 Å². The zero-order valence-corrected chi connectivity index (χ0v) is 26.7. The molecule has 3 saturated carbocycles. The first-order valence-electron chi connectivity index (χ1n) is 15.5. The van der Waals surface area contributed by atoms with Crippen LogP contribution in [0.15, 0.2) is 58.8 Å². The number of alkyl halides is 2. The van der Waals surface area contributed by atoms with Crippen molar-refractivity contribution < 1.29 is 47.0 Å². The molecular formula is C34H40F2O8S. The second kappa shape index (κ2) is 12.3. The average molecular weight is 647 g/mol. The van der Waals surface area contributed by atoms with E-state index in [0.717, 1.165) is 17.8 Å². The lowest BCUT2D eigenvalue weighted by Crippen LogP contribution is -2.70. The normalized spacial score (nSPS) is 38.7. The molecule has 0 bridgehead atoms. The smallest absolute Gasteiger partial charge is 0.375 e. The predicted octanol–water partition coefficient (Wildman–Crippen LogP) is 5.90. The first kappa shape index (κ1) is 33.3. The van der Waals surface area contributed by atoms with Gasteiger partial charge >= 0.3 is 11.9 Å². The number of allylic oxidation sites excluding steroid dienone is 4. The zero-order valence-electron chi connectivity index (χ0n) is 25.9. The lowest BCUT2D eigenvalue weighted by Gasteiger charge is -2.63. The highest BCUT2D eigenvalue weighted by Gasteiger charge is 2.78. The van der Waals surface area contributed by atoms with E-state index in [1.165, 1.54) is 37.5 Å². The highest BCUT2D eigenvalue weighted by atomic mass is 32.2. The third kappa shape index (κ3) is 5.14. The second-order valence-electron chi connectivity index (χ2n) is 13.1. The minimum atomic E-state index is -2.34. The van der Waals surface area contributed by atoms with E-state index in [9.17, 15) is 24.3 Å². The molecule has 11 heteroatoms. The maximum Gasteiger partial charge on any atom is 0.375 e. The van der Waals surface area contributed by atoms with Crippen LogP contribution in [0.1, 0.15) is 70.4 Å². The first-order chi connectivity index (χ1) is 21.3. The predicted molar refractivity (Wildman–Crippen MR) is 163 cm³/mol. The molecule has 0 amide bonds. The van der Waals surface area contributed by atoms with Crippen LogP contribution in [-0.2, 0) is 23.9 Å². The zero-order chi connectivity index (χ0) is 32.8. The number of ketones is 1. The van der Waals surface area contributed by atoms with Gasteiger partial charge in [0.05, 0.1) is 12.4 Å². The van der Waals surface area contributed by atoms with E-state index in [1.807, 2.05) is 6.92 Å². The van der Waals surface area contributed by atoms with Crippen molar-refractivity contribution in [3.8, 4) is 0 Å². The Morgan fingerprint density at radius 2 is 1.96 bits per heavy atom. The van der Waals surface area contributed by atoms with Crippen LogP contribution in [-0.4, -0.2) is 63.8 Å². The number of halogens is 2. The molecule has 1 aromatic rings. The fourth-order valence-corrected chi connectivity index (χ4v) is 9.67. The van der Waals surface area contributed by atoms with Gasteiger partial charge in [-0.25, -0.2) is 13.6 Å².